The Hall–Kier alpha value is -1.81. The van der Waals surface area contributed by atoms with Crippen molar-refractivity contribution in [3.8, 4) is 0 Å². The molecule has 0 aliphatic carbocycles. The fraction of sp³-hybridized carbons (Fsp3) is 0.0909. The molecule has 1 aromatic carbocycles. The third-order valence-corrected chi connectivity index (χ3v) is 2.29. The van der Waals surface area contributed by atoms with Gasteiger partial charge in [-0.1, -0.05) is 23.7 Å². The molecule has 1 aromatic heterocycles. The second-order valence-electron chi connectivity index (χ2n) is 3.31. The summed E-state index contributed by atoms with van der Waals surface area (Å²) in [6, 6.07) is 9.33. The zero-order valence-electron chi connectivity index (χ0n) is 8.52. The first kappa shape index (κ1) is 10.7. The van der Waals surface area contributed by atoms with Crippen LogP contribution in [0, 0.1) is 0 Å². The molecule has 4 nitrogen and oxygen atoms in total. The number of nitrogen functional groups attached to an aromatic ring is 1. The smallest absolute Gasteiger partial charge is 0.131 e. The minimum atomic E-state index is 0.448. The van der Waals surface area contributed by atoms with Gasteiger partial charge in [0.2, 0.25) is 0 Å². The molecule has 3 N–H and O–H groups in total. The number of rotatable bonds is 3. The highest BCUT2D eigenvalue weighted by atomic mass is 35.5. The summed E-state index contributed by atoms with van der Waals surface area (Å²) >= 11 is 5.88. The number of hydrogen-bond acceptors (Lipinski definition) is 4. The summed E-state index contributed by atoms with van der Waals surface area (Å²) < 4.78 is 0. The van der Waals surface area contributed by atoms with Crippen molar-refractivity contribution in [2.24, 2.45) is 0 Å². The van der Waals surface area contributed by atoms with E-state index in [0.29, 0.717) is 18.2 Å². The summed E-state index contributed by atoms with van der Waals surface area (Å²) in [6.45, 7) is 0.650. The Morgan fingerprint density at radius 1 is 1.25 bits per heavy atom. The van der Waals surface area contributed by atoms with Gasteiger partial charge >= 0.3 is 0 Å². The second-order valence-corrected chi connectivity index (χ2v) is 3.75. The maximum absolute atomic E-state index is 5.88. The summed E-state index contributed by atoms with van der Waals surface area (Å²) in [5.74, 6) is 1.15. The average molecular weight is 235 g/mol. The lowest BCUT2D eigenvalue weighted by Crippen LogP contribution is -2.02. The number of halogens is 1. The van der Waals surface area contributed by atoms with Crippen LogP contribution in [0.15, 0.2) is 36.7 Å². The largest absolute Gasteiger partial charge is 0.384 e. The first-order valence-corrected chi connectivity index (χ1v) is 5.18. The van der Waals surface area contributed by atoms with Gasteiger partial charge in [0.05, 0.1) is 0 Å². The van der Waals surface area contributed by atoms with Crippen LogP contribution in [0.25, 0.3) is 0 Å². The number of hydrogen-bond donors (Lipinski definition) is 2. The molecule has 2 rings (SSSR count). The molecule has 0 bridgehead atoms. The Morgan fingerprint density at radius 3 is 2.88 bits per heavy atom. The Labute approximate surface area is 98.5 Å². The maximum Gasteiger partial charge on any atom is 0.131 e. The monoisotopic (exact) mass is 234 g/mol. The van der Waals surface area contributed by atoms with Gasteiger partial charge < -0.3 is 11.1 Å². The average Bonchev–Trinajstić information content (AvgIpc) is 2.27. The minimum Gasteiger partial charge on any atom is -0.384 e. The number of nitrogens with one attached hydrogen (secondary N) is 1. The van der Waals surface area contributed by atoms with Crippen molar-refractivity contribution in [3.63, 3.8) is 0 Å². The van der Waals surface area contributed by atoms with E-state index in [4.69, 9.17) is 17.3 Å². The highest BCUT2D eigenvalue weighted by Gasteiger charge is 1.97. The molecule has 0 fully saturated rings. The van der Waals surface area contributed by atoms with Gasteiger partial charge in [-0.25, -0.2) is 9.97 Å². The topological polar surface area (TPSA) is 63.8 Å². The standard InChI is InChI=1S/C11H11ClN4/c12-9-3-1-2-8(4-9)6-14-11-5-10(13)15-7-16-11/h1-5,7H,6H2,(H3,13,14,15,16). The molecule has 0 atom stereocenters. The number of benzene rings is 1. The van der Waals surface area contributed by atoms with Gasteiger partial charge in [-0.05, 0) is 17.7 Å². The summed E-state index contributed by atoms with van der Waals surface area (Å²) in [6.07, 6.45) is 1.43. The van der Waals surface area contributed by atoms with Crippen molar-refractivity contribution in [2.75, 3.05) is 11.1 Å². The fourth-order valence-corrected chi connectivity index (χ4v) is 1.52. The number of nitrogens with two attached hydrogens (primary N) is 1. The normalized spacial score (nSPS) is 10.1. The van der Waals surface area contributed by atoms with Crippen LogP contribution in [-0.2, 0) is 6.54 Å². The Kier molecular flexibility index (Phi) is 3.22. The van der Waals surface area contributed by atoms with E-state index in [2.05, 4.69) is 15.3 Å². The zero-order valence-corrected chi connectivity index (χ0v) is 9.28. The lowest BCUT2D eigenvalue weighted by Gasteiger charge is -2.05. The van der Waals surface area contributed by atoms with E-state index in [1.165, 1.54) is 6.33 Å². The number of aromatic nitrogens is 2. The van der Waals surface area contributed by atoms with Crippen LogP contribution in [-0.4, -0.2) is 9.97 Å². The molecule has 0 saturated heterocycles. The van der Waals surface area contributed by atoms with Gasteiger partial charge in [0.15, 0.2) is 0 Å². The number of anilines is 2. The highest BCUT2D eigenvalue weighted by molar-refractivity contribution is 6.30. The molecule has 0 spiro atoms. The van der Waals surface area contributed by atoms with Crippen molar-refractivity contribution >= 4 is 23.2 Å². The molecule has 0 saturated carbocycles. The van der Waals surface area contributed by atoms with Crippen LogP contribution in [0.5, 0.6) is 0 Å². The van der Waals surface area contributed by atoms with E-state index in [-0.39, 0.29) is 0 Å². The van der Waals surface area contributed by atoms with Gasteiger partial charge in [0, 0.05) is 17.6 Å². The SMILES string of the molecule is Nc1cc(NCc2cccc(Cl)c2)ncn1. The van der Waals surface area contributed by atoms with Crippen LogP contribution in [0.1, 0.15) is 5.56 Å². The van der Waals surface area contributed by atoms with Gasteiger partial charge in [0.1, 0.15) is 18.0 Å². The molecular formula is C11H11ClN4. The van der Waals surface area contributed by atoms with Crippen molar-refractivity contribution in [1.82, 2.24) is 9.97 Å². The molecule has 1 heterocycles. The van der Waals surface area contributed by atoms with Crippen molar-refractivity contribution in [2.45, 2.75) is 6.54 Å². The van der Waals surface area contributed by atoms with E-state index < -0.39 is 0 Å². The van der Waals surface area contributed by atoms with Gasteiger partial charge in [0.25, 0.3) is 0 Å². The van der Waals surface area contributed by atoms with Crippen molar-refractivity contribution in [3.05, 3.63) is 47.2 Å². The first-order chi connectivity index (χ1) is 7.74. The van der Waals surface area contributed by atoms with E-state index in [9.17, 15) is 0 Å². The molecule has 0 amide bonds. The minimum absolute atomic E-state index is 0.448. The molecule has 2 aromatic rings. The Morgan fingerprint density at radius 2 is 2.12 bits per heavy atom. The van der Waals surface area contributed by atoms with E-state index in [0.717, 1.165) is 10.6 Å². The first-order valence-electron chi connectivity index (χ1n) is 4.80. The molecule has 16 heavy (non-hydrogen) atoms. The quantitative estimate of drug-likeness (QED) is 0.856. The summed E-state index contributed by atoms with van der Waals surface area (Å²) in [5.41, 5.74) is 6.63. The second kappa shape index (κ2) is 4.81. The highest BCUT2D eigenvalue weighted by Crippen LogP contribution is 2.12. The summed E-state index contributed by atoms with van der Waals surface area (Å²) in [4.78, 5) is 7.86. The Bertz CT molecular complexity index is 441. The molecule has 82 valence electrons. The van der Waals surface area contributed by atoms with Crippen molar-refractivity contribution < 1.29 is 0 Å². The zero-order chi connectivity index (χ0) is 11.4. The van der Waals surface area contributed by atoms with Crippen LogP contribution >= 0.6 is 11.6 Å². The van der Waals surface area contributed by atoms with E-state index >= 15 is 0 Å². The predicted molar refractivity (Wildman–Crippen MR) is 65.2 cm³/mol. The van der Waals surface area contributed by atoms with Crippen LogP contribution < -0.4 is 11.1 Å². The van der Waals surface area contributed by atoms with Crippen LogP contribution in [0.2, 0.25) is 5.02 Å². The lowest BCUT2D eigenvalue weighted by molar-refractivity contribution is 1.08. The van der Waals surface area contributed by atoms with Gasteiger partial charge in [-0.2, -0.15) is 0 Å². The number of nitrogens with zero attached hydrogens (tertiary/aromatic N) is 2. The van der Waals surface area contributed by atoms with E-state index in [1.54, 1.807) is 6.07 Å². The molecule has 0 aliphatic heterocycles. The Balaban J connectivity index is 2.02. The van der Waals surface area contributed by atoms with Gasteiger partial charge in [-0.3, -0.25) is 0 Å². The lowest BCUT2D eigenvalue weighted by atomic mass is 10.2. The third kappa shape index (κ3) is 2.84. The van der Waals surface area contributed by atoms with Gasteiger partial charge in [-0.15, -0.1) is 0 Å². The molecule has 0 unspecified atom stereocenters. The fourth-order valence-electron chi connectivity index (χ4n) is 1.31. The van der Waals surface area contributed by atoms with Crippen LogP contribution in [0.3, 0.4) is 0 Å². The summed E-state index contributed by atoms with van der Waals surface area (Å²) in [5, 5.41) is 3.86. The molecular weight excluding hydrogens is 224 g/mol. The summed E-state index contributed by atoms with van der Waals surface area (Å²) in [7, 11) is 0. The predicted octanol–water partition coefficient (Wildman–Crippen LogP) is 2.32. The van der Waals surface area contributed by atoms with E-state index in [1.807, 2.05) is 24.3 Å². The molecule has 5 heteroatoms. The molecule has 0 radical (unpaired) electrons. The molecule has 0 aliphatic rings. The van der Waals surface area contributed by atoms with Crippen LogP contribution in [0.4, 0.5) is 11.6 Å². The maximum atomic E-state index is 5.88. The third-order valence-electron chi connectivity index (χ3n) is 2.05. The van der Waals surface area contributed by atoms with Crippen molar-refractivity contribution in [1.29, 1.82) is 0 Å².